The number of carbonyl (C=O) groups excluding carboxylic acids is 1. The number of halogens is 1. The third kappa shape index (κ3) is 3.65. The fraction of sp³-hybridized carbons (Fsp3) is 0.471. The smallest absolute Gasteiger partial charge is 0.224 e. The molecule has 4 nitrogen and oxygen atoms in total. The summed E-state index contributed by atoms with van der Waals surface area (Å²) < 4.78 is 13.4. The maximum absolute atomic E-state index is 13.4. The van der Waals surface area contributed by atoms with Crippen LogP contribution in [0.15, 0.2) is 18.2 Å². The van der Waals surface area contributed by atoms with Crippen molar-refractivity contribution in [1.82, 2.24) is 10.3 Å². The molecule has 0 spiro atoms. The number of benzene rings is 1. The number of hydrogen-bond donors (Lipinski definition) is 3. The molecule has 0 aliphatic heterocycles. The van der Waals surface area contributed by atoms with E-state index in [-0.39, 0.29) is 30.6 Å². The Labute approximate surface area is 129 Å². The summed E-state index contributed by atoms with van der Waals surface area (Å²) in [6.07, 6.45) is 0.482. The van der Waals surface area contributed by atoms with Crippen molar-refractivity contribution in [2.45, 2.75) is 39.7 Å². The van der Waals surface area contributed by atoms with Crippen LogP contribution in [-0.2, 0) is 11.2 Å². The molecule has 2 aromatic rings. The summed E-state index contributed by atoms with van der Waals surface area (Å²) in [6, 6.07) is 4.51. The van der Waals surface area contributed by atoms with Crippen molar-refractivity contribution >= 4 is 16.8 Å². The monoisotopic (exact) mass is 306 g/mol. The number of fused-ring (bicyclic) bond motifs is 1. The molecule has 2 rings (SSSR count). The van der Waals surface area contributed by atoms with E-state index in [1.807, 2.05) is 20.8 Å². The largest absolute Gasteiger partial charge is 0.391 e. The molecule has 0 saturated carbocycles. The van der Waals surface area contributed by atoms with E-state index >= 15 is 0 Å². The standard InChI is InChI=1S/C17H23FN2O2/c1-4-10(2)16(21)9-19-17(22)8-13-11(3)20-15-6-5-12(18)7-14(13)15/h5-7,10,16,20-21H,4,8-9H2,1-3H3,(H,19,22). The Balaban J connectivity index is 2.06. The van der Waals surface area contributed by atoms with Gasteiger partial charge in [-0.05, 0) is 36.6 Å². The second-order valence-electron chi connectivity index (χ2n) is 5.85. The second kappa shape index (κ2) is 6.92. The number of H-pyrrole nitrogens is 1. The number of amides is 1. The van der Waals surface area contributed by atoms with Gasteiger partial charge in [0.25, 0.3) is 0 Å². The van der Waals surface area contributed by atoms with Crippen LogP contribution in [0.3, 0.4) is 0 Å². The third-order valence-electron chi connectivity index (χ3n) is 4.23. The summed E-state index contributed by atoms with van der Waals surface area (Å²) in [5.41, 5.74) is 2.48. The summed E-state index contributed by atoms with van der Waals surface area (Å²) >= 11 is 0. The maximum Gasteiger partial charge on any atom is 0.224 e. The molecule has 1 heterocycles. The van der Waals surface area contributed by atoms with E-state index in [1.165, 1.54) is 12.1 Å². The minimum Gasteiger partial charge on any atom is -0.391 e. The van der Waals surface area contributed by atoms with Crippen LogP contribution >= 0.6 is 0 Å². The highest BCUT2D eigenvalue weighted by Gasteiger charge is 2.16. The molecular weight excluding hydrogens is 283 g/mol. The number of aromatic amines is 1. The molecule has 2 unspecified atom stereocenters. The van der Waals surface area contributed by atoms with Crippen LogP contribution in [0.25, 0.3) is 10.9 Å². The zero-order valence-electron chi connectivity index (χ0n) is 13.2. The van der Waals surface area contributed by atoms with Crippen molar-refractivity contribution in [2.24, 2.45) is 5.92 Å². The van der Waals surface area contributed by atoms with Crippen LogP contribution in [0.2, 0.25) is 0 Å². The zero-order chi connectivity index (χ0) is 16.3. The van der Waals surface area contributed by atoms with Crippen molar-refractivity contribution in [3.8, 4) is 0 Å². The Bertz CT molecular complexity index is 666. The SMILES string of the molecule is CCC(C)C(O)CNC(=O)Cc1c(C)[nH]c2ccc(F)cc12. The van der Waals surface area contributed by atoms with Gasteiger partial charge in [-0.2, -0.15) is 0 Å². The second-order valence-corrected chi connectivity index (χ2v) is 5.85. The van der Waals surface area contributed by atoms with Gasteiger partial charge in [0.2, 0.25) is 5.91 Å². The van der Waals surface area contributed by atoms with Gasteiger partial charge in [-0.15, -0.1) is 0 Å². The lowest BCUT2D eigenvalue weighted by atomic mass is 10.0. The lowest BCUT2D eigenvalue weighted by Crippen LogP contribution is -2.36. The maximum atomic E-state index is 13.4. The van der Waals surface area contributed by atoms with Gasteiger partial charge in [0.05, 0.1) is 12.5 Å². The third-order valence-corrected chi connectivity index (χ3v) is 4.23. The van der Waals surface area contributed by atoms with Gasteiger partial charge in [0.15, 0.2) is 0 Å². The predicted octanol–water partition coefficient (Wildman–Crippen LogP) is 2.68. The molecule has 5 heteroatoms. The number of aliphatic hydroxyl groups excluding tert-OH is 1. The molecule has 1 aromatic carbocycles. The van der Waals surface area contributed by atoms with E-state index in [0.29, 0.717) is 0 Å². The quantitative estimate of drug-likeness (QED) is 0.768. The zero-order valence-corrected chi connectivity index (χ0v) is 13.2. The van der Waals surface area contributed by atoms with Crippen molar-refractivity contribution in [3.63, 3.8) is 0 Å². The van der Waals surface area contributed by atoms with E-state index in [0.717, 1.165) is 28.6 Å². The van der Waals surface area contributed by atoms with E-state index < -0.39 is 6.10 Å². The molecular formula is C17H23FN2O2. The Morgan fingerprint density at radius 2 is 2.18 bits per heavy atom. The lowest BCUT2D eigenvalue weighted by Gasteiger charge is -2.17. The van der Waals surface area contributed by atoms with Crippen molar-refractivity contribution in [1.29, 1.82) is 0 Å². The number of aryl methyl sites for hydroxylation is 1. The molecule has 0 saturated heterocycles. The van der Waals surface area contributed by atoms with Crippen LogP contribution in [0, 0.1) is 18.7 Å². The number of aromatic nitrogens is 1. The Morgan fingerprint density at radius 1 is 1.45 bits per heavy atom. The lowest BCUT2D eigenvalue weighted by molar-refractivity contribution is -0.121. The molecule has 0 fully saturated rings. The first-order valence-electron chi connectivity index (χ1n) is 7.63. The average Bonchev–Trinajstić information content (AvgIpc) is 2.79. The first-order chi connectivity index (χ1) is 10.4. The van der Waals surface area contributed by atoms with Crippen LogP contribution < -0.4 is 5.32 Å². The van der Waals surface area contributed by atoms with Crippen molar-refractivity contribution in [3.05, 3.63) is 35.3 Å². The molecule has 0 aliphatic carbocycles. The molecule has 2 atom stereocenters. The molecule has 120 valence electrons. The topological polar surface area (TPSA) is 65.1 Å². The highest BCUT2D eigenvalue weighted by atomic mass is 19.1. The van der Waals surface area contributed by atoms with Gasteiger partial charge in [-0.25, -0.2) is 4.39 Å². The molecule has 0 aliphatic rings. The summed E-state index contributed by atoms with van der Waals surface area (Å²) in [4.78, 5) is 15.2. The molecule has 3 N–H and O–H groups in total. The van der Waals surface area contributed by atoms with Gasteiger partial charge in [0, 0.05) is 23.1 Å². The predicted molar refractivity (Wildman–Crippen MR) is 85.2 cm³/mol. The number of aliphatic hydroxyl groups is 1. The van der Waals surface area contributed by atoms with E-state index in [4.69, 9.17) is 0 Å². The van der Waals surface area contributed by atoms with Crippen LogP contribution in [0.4, 0.5) is 4.39 Å². The number of nitrogens with one attached hydrogen (secondary N) is 2. The summed E-state index contributed by atoms with van der Waals surface area (Å²) in [5, 5.41) is 13.4. The molecule has 0 radical (unpaired) electrons. The Kier molecular flexibility index (Phi) is 5.19. The van der Waals surface area contributed by atoms with E-state index in [2.05, 4.69) is 10.3 Å². The van der Waals surface area contributed by atoms with Gasteiger partial charge >= 0.3 is 0 Å². The van der Waals surface area contributed by atoms with Crippen LogP contribution in [0.5, 0.6) is 0 Å². The summed E-state index contributed by atoms with van der Waals surface area (Å²) in [5.74, 6) is -0.347. The normalized spacial score (nSPS) is 14.0. The van der Waals surface area contributed by atoms with E-state index in [1.54, 1.807) is 6.07 Å². The van der Waals surface area contributed by atoms with E-state index in [9.17, 15) is 14.3 Å². The fourth-order valence-corrected chi connectivity index (χ4v) is 2.50. The summed E-state index contributed by atoms with van der Waals surface area (Å²) in [7, 11) is 0. The Hall–Kier alpha value is -1.88. The van der Waals surface area contributed by atoms with Crippen LogP contribution in [0.1, 0.15) is 31.5 Å². The Morgan fingerprint density at radius 3 is 2.86 bits per heavy atom. The molecule has 0 bridgehead atoms. The number of hydrogen-bond acceptors (Lipinski definition) is 2. The van der Waals surface area contributed by atoms with Crippen molar-refractivity contribution < 1.29 is 14.3 Å². The first kappa shape index (κ1) is 16.5. The molecule has 1 aromatic heterocycles. The van der Waals surface area contributed by atoms with Crippen LogP contribution in [-0.4, -0.2) is 28.6 Å². The highest BCUT2D eigenvalue weighted by molar-refractivity contribution is 5.90. The van der Waals surface area contributed by atoms with Gasteiger partial charge < -0.3 is 15.4 Å². The first-order valence-corrected chi connectivity index (χ1v) is 7.63. The van der Waals surface area contributed by atoms with Gasteiger partial charge in [0.1, 0.15) is 5.82 Å². The molecule has 1 amide bonds. The average molecular weight is 306 g/mol. The summed E-state index contributed by atoms with van der Waals surface area (Å²) in [6.45, 7) is 6.06. The minimum absolute atomic E-state index is 0.143. The minimum atomic E-state index is -0.546. The number of carbonyl (C=O) groups is 1. The molecule has 22 heavy (non-hydrogen) atoms. The van der Waals surface area contributed by atoms with Gasteiger partial charge in [-0.1, -0.05) is 20.3 Å². The number of rotatable bonds is 6. The highest BCUT2D eigenvalue weighted by Crippen LogP contribution is 2.23. The van der Waals surface area contributed by atoms with Gasteiger partial charge in [-0.3, -0.25) is 4.79 Å². The van der Waals surface area contributed by atoms with Crippen molar-refractivity contribution in [2.75, 3.05) is 6.54 Å². The fourth-order valence-electron chi connectivity index (χ4n) is 2.50.